The molecule has 2 unspecified atom stereocenters. The molecule has 0 aromatic heterocycles. The van der Waals surface area contributed by atoms with Crippen molar-refractivity contribution >= 4 is 11.9 Å². The van der Waals surface area contributed by atoms with Gasteiger partial charge in [0.2, 0.25) is 0 Å². The number of hydrogen-bond acceptors (Lipinski definition) is 3. The Morgan fingerprint density at radius 2 is 1.53 bits per heavy atom. The first-order valence-corrected chi connectivity index (χ1v) is 12.2. The summed E-state index contributed by atoms with van der Waals surface area (Å²) in [5.41, 5.74) is -0.0432. The van der Waals surface area contributed by atoms with Gasteiger partial charge in [-0.25, -0.2) is 0 Å². The maximum absolute atomic E-state index is 11.5. The van der Waals surface area contributed by atoms with E-state index in [1.807, 2.05) is 0 Å². The number of unbranched alkanes of at least 4 members (excludes halogenated alkanes) is 9. The SMILES string of the molecule is CCCCCCCC/C=C/C(CCCCCCC(=O)OC)C(CC(=O)O)C(C)(C)C. The predicted octanol–water partition coefficient (Wildman–Crippen LogP) is 7.56. The molecular formula is C26H48O4. The highest BCUT2D eigenvalue weighted by molar-refractivity contribution is 5.69. The number of carboxylic acid groups (broad SMARTS) is 1. The van der Waals surface area contributed by atoms with E-state index in [0.717, 1.165) is 38.5 Å². The fraction of sp³-hybridized carbons (Fsp3) is 0.846. The number of hydrogen-bond donors (Lipinski definition) is 1. The van der Waals surface area contributed by atoms with Gasteiger partial charge in [0, 0.05) is 12.8 Å². The Balaban J connectivity index is 4.65. The van der Waals surface area contributed by atoms with Gasteiger partial charge in [-0.15, -0.1) is 0 Å². The molecule has 176 valence electrons. The lowest BCUT2D eigenvalue weighted by Crippen LogP contribution is -2.29. The largest absolute Gasteiger partial charge is 0.481 e. The fourth-order valence-electron chi connectivity index (χ4n) is 4.14. The number of ether oxygens (including phenoxy) is 1. The summed E-state index contributed by atoms with van der Waals surface area (Å²) in [6.45, 7) is 8.72. The minimum Gasteiger partial charge on any atom is -0.481 e. The highest BCUT2D eigenvalue weighted by Gasteiger charge is 2.32. The summed E-state index contributed by atoms with van der Waals surface area (Å²) in [6, 6.07) is 0. The molecule has 0 rings (SSSR count). The van der Waals surface area contributed by atoms with Gasteiger partial charge in [0.15, 0.2) is 0 Å². The fourth-order valence-corrected chi connectivity index (χ4v) is 4.14. The molecule has 0 saturated carbocycles. The average Bonchev–Trinajstić information content (AvgIpc) is 2.68. The number of allylic oxidation sites excluding steroid dienone is 2. The molecule has 0 saturated heterocycles. The third kappa shape index (κ3) is 15.5. The zero-order valence-electron chi connectivity index (χ0n) is 20.4. The monoisotopic (exact) mass is 424 g/mol. The highest BCUT2D eigenvalue weighted by atomic mass is 16.5. The Hall–Kier alpha value is -1.32. The number of rotatable bonds is 18. The van der Waals surface area contributed by atoms with E-state index < -0.39 is 5.97 Å². The summed E-state index contributed by atoms with van der Waals surface area (Å²) in [4.78, 5) is 22.7. The molecular weight excluding hydrogens is 376 g/mol. The van der Waals surface area contributed by atoms with Crippen LogP contribution in [-0.4, -0.2) is 24.2 Å². The van der Waals surface area contributed by atoms with E-state index >= 15 is 0 Å². The van der Waals surface area contributed by atoms with Crippen LogP contribution in [0.3, 0.4) is 0 Å². The van der Waals surface area contributed by atoms with Crippen LogP contribution in [0.2, 0.25) is 0 Å². The van der Waals surface area contributed by atoms with Crippen molar-refractivity contribution < 1.29 is 19.4 Å². The Morgan fingerprint density at radius 3 is 2.13 bits per heavy atom. The van der Waals surface area contributed by atoms with Gasteiger partial charge in [0.25, 0.3) is 0 Å². The average molecular weight is 425 g/mol. The van der Waals surface area contributed by atoms with Crippen molar-refractivity contribution in [3.63, 3.8) is 0 Å². The molecule has 0 radical (unpaired) electrons. The van der Waals surface area contributed by atoms with Crippen LogP contribution in [0.15, 0.2) is 12.2 Å². The molecule has 30 heavy (non-hydrogen) atoms. The lowest BCUT2D eigenvalue weighted by molar-refractivity contribution is -0.141. The molecule has 0 amide bonds. The van der Waals surface area contributed by atoms with Gasteiger partial charge in [0.1, 0.15) is 0 Å². The van der Waals surface area contributed by atoms with Crippen molar-refractivity contribution in [3.05, 3.63) is 12.2 Å². The van der Waals surface area contributed by atoms with Gasteiger partial charge in [-0.1, -0.05) is 91.2 Å². The summed E-state index contributed by atoms with van der Waals surface area (Å²) in [5.74, 6) is -0.422. The maximum Gasteiger partial charge on any atom is 0.305 e. The molecule has 0 spiro atoms. The van der Waals surface area contributed by atoms with E-state index in [2.05, 4.69) is 44.6 Å². The number of aliphatic carboxylic acids is 1. The van der Waals surface area contributed by atoms with E-state index in [1.165, 1.54) is 45.6 Å². The summed E-state index contributed by atoms with van der Waals surface area (Å²) in [7, 11) is 1.43. The molecule has 0 aromatic carbocycles. The quantitative estimate of drug-likeness (QED) is 0.140. The molecule has 1 N–H and O–H groups in total. The zero-order chi connectivity index (χ0) is 22.8. The Kier molecular flexibility index (Phi) is 16.6. The highest BCUT2D eigenvalue weighted by Crippen LogP contribution is 2.38. The molecule has 0 heterocycles. The van der Waals surface area contributed by atoms with Crippen LogP contribution < -0.4 is 0 Å². The van der Waals surface area contributed by atoms with Crippen LogP contribution in [-0.2, 0) is 14.3 Å². The lowest BCUT2D eigenvalue weighted by atomic mass is 9.69. The van der Waals surface area contributed by atoms with Crippen molar-refractivity contribution in [2.24, 2.45) is 17.3 Å². The van der Waals surface area contributed by atoms with Crippen molar-refractivity contribution in [2.75, 3.05) is 7.11 Å². The predicted molar refractivity (Wildman–Crippen MR) is 126 cm³/mol. The van der Waals surface area contributed by atoms with Gasteiger partial charge in [-0.3, -0.25) is 9.59 Å². The molecule has 0 aliphatic heterocycles. The first-order valence-electron chi connectivity index (χ1n) is 12.2. The molecule has 0 fully saturated rings. The Labute approximate surface area is 185 Å². The van der Waals surface area contributed by atoms with Gasteiger partial charge >= 0.3 is 11.9 Å². The van der Waals surface area contributed by atoms with Crippen molar-refractivity contribution in [1.82, 2.24) is 0 Å². The van der Waals surface area contributed by atoms with Crippen LogP contribution in [0.25, 0.3) is 0 Å². The number of carbonyl (C=O) groups is 2. The van der Waals surface area contributed by atoms with Crippen LogP contribution in [0.1, 0.15) is 118 Å². The lowest BCUT2D eigenvalue weighted by Gasteiger charge is -2.35. The van der Waals surface area contributed by atoms with Gasteiger partial charge in [-0.05, 0) is 42.9 Å². The van der Waals surface area contributed by atoms with Crippen molar-refractivity contribution in [2.45, 2.75) is 118 Å². The molecule has 0 aliphatic rings. The Bertz CT molecular complexity index is 476. The van der Waals surface area contributed by atoms with Gasteiger partial charge in [0.05, 0.1) is 7.11 Å². The summed E-state index contributed by atoms with van der Waals surface area (Å²) < 4.78 is 4.69. The van der Waals surface area contributed by atoms with Crippen LogP contribution >= 0.6 is 0 Å². The van der Waals surface area contributed by atoms with E-state index in [9.17, 15) is 14.7 Å². The van der Waals surface area contributed by atoms with Crippen LogP contribution in [0, 0.1) is 17.3 Å². The minimum absolute atomic E-state index is 0.0432. The van der Waals surface area contributed by atoms with E-state index in [-0.39, 0.29) is 23.7 Å². The van der Waals surface area contributed by atoms with Crippen LogP contribution in [0.4, 0.5) is 0 Å². The molecule has 0 aromatic rings. The molecule has 0 aliphatic carbocycles. The molecule has 2 atom stereocenters. The number of esters is 1. The topological polar surface area (TPSA) is 63.6 Å². The summed E-state index contributed by atoms with van der Waals surface area (Å²) >= 11 is 0. The molecule has 4 heteroatoms. The van der Waals surface area contributed by atoms with Crippen LogP contribution in [0.5, 0.6) is 0 Å². The number of carboxylic acids is 1. The second-order valence-corrected chi connectivity index (χ2v) is 9.75. The minimum atomic E-state index is -0.706. The number of carbonyl (C=O) groups excluding carboxylic acids is 1. The van der Waals surface area contributed by atoms with E-state index in [0.29, 0.717) is 12.3 Å². The van der Waals surface area contributed by atoms with Crippen molar-refractivity contribution in [1.29, 1.82) is 0 Å². The van der Waals surface area contributed by atoms with E-state index in [4.69, 9.17) is 0 Å². The van der Waals surface area contributed by atoms with E-state index in [1.54, 1.807) is 0 Å². The first kappa shape index (κ1) is 28.7. The molecule has 4 nitrogen and oxygen atoms in total. The Morgan fingerprint density at radius 1 is 0.933 bits per heavy atom. The summed E-state index contributed by atoms with van der Waals surface area (Å²) in [6.07, 6.45) is 19.2. The smallest absolute Gasteiger partial charge is 0.305 e. The second-order valence-electron chi connectivity index (χ2n) is 9.75. The van der Waals surface area contributed by atoms with Gasteiger partial charge in [-0.2, -0.15) is 0 Å². The standard InChI is InChI=1S/C26H48O4/c1-6-7-8-9-10-11-12-15-18-22(23(21-24(27)28)26(2,3)4)19-16-13-14-17-20-25(29)30-5/h15,18,22-23H,6-14,16-17,19-21H2,1-5H3,(H,27,28)/b18-15+. The summed E-state index contributed by atoms with van der Waals surface area (Å²) in [5, 5.41) is 9.46. The molecule has 0 bridgehead atoms. The second kappa shape index (κ2) is 17.4. The number of methoxy groups -OCH3 is 1. The zero-order valence-corrected chi connectivity index (χ0v) is 20.4. The van der Waals surface area contributed by atoms with Gasteiger partial charge < -0.3 is 9.84 Å². The third-order valence-corrected chi connectivity index (χ3v) is 6.03. The normalized spacial score (nSPS) is 14.0. The first-order chi connectivity index (χ1) is 14.2. The maximum atomic E-state index is 11.5. The third-order valence-electron chi connectivity index (χ3n) is 6.03. The van der Waals surface area contributed by atoms with Crippen molar-refractivity contribution in [3.8, 4) is 0 Å².